The Morgan fingerprint density at radius 1 is 0.800 bits per heavy atom. The fourth-order valence-electron chi connectivity index (χ4n) is 3.66. The highest BCUT2D eigenvalue weighted by Crippen LogP contribution is 2.19. The van der Waals surface area contributed by atoms with E-state index in [1.54, 1.807) is 41.5 Å². The van der Waals surface area contributed by atoms with Gasteiger partial charge < -0.3 is 34.1 Å². The summed E-state index contributed by atoms with van der Waals surface area (Å²) in [5, 5.41) is 13.9. The Bertz CT molecular complexity index is 1000. The maximum Gasteiger partial charge on any atom is 0.508 e. The van der Waals surface area contributed by atoms with Crippen molar-refractivity contribution in [2.24, 2.45) is 0 Å². The van der Waals surface area contributed by atoms with Crippen LogP contribution in [0.2, 0.25) is 0 Å². The zero-order valence-corrected chi connectivity index (χ0v) is 24.6. The minimum absolute atomic E-state index is 0.186. The van der Waals surface area contributed by atoms with Gasteiger partial charge in [-0.2, -0.15) is 0 Å². The molecule has 40 heavy (non-hydrogen) atoms. The van der Waals surface area contributed by atoms with Gasteiger partial charge in [0.15, 0.2) is 0 Å². The summed E-state index contributed by atoms with van der Waals surface area (Å²) in [4.78, 5) is 24.3. The Kier molecular flexibility index (Phi) is 13.4. The minimum Gasteiger partial charge on any atom is -0.444 e. The average molecular weight is 560 g/mol. The van der Waals surface area contributed by atoms with Crippen molar-refractivity contribution in [3.05, 3.63) is 71.8 Å². The van der Waals surface area contributed by atoms with E-state index < -0.39 is 41.8 Å². The van der Waals surface area contributed by atoms with Gasteiger partial charge in [-0.1, -0.05) is 60.7 Å². The Morgan fingerprint density at radius 2 is 1.32 bits per heavy atom. The molecule has 0 spiro atoms. The van der Waals surface area contributed by atoms with Crippen molar-refractivity contribution in [1.29, 1.82) is 0 Å². The van der Waals surface area contributed by atoms with Crippen molar-refractivity contribution in [3.63, 3.8) is 0 Å². The van der Waals surface area contributed by atoms with Crippen LogP contribution in [0.3, 0.4) is 0 Å². The van der Waals surface area contributed by atoms with E-state index in [1.165, 1.54) is 0 Å². The zero-order chi connectivity index (χ0) is 29.6. The monoisotopic (exact) mass is 559 g/mol. The number of nitrogens with one attached hydrogen (secondary N) is 1. The van der Waals surface area contributed by atoms with Gasteiger partial charge in [0.1, 0.15) is 30.0 Å². The first-order chi connectivity index (χ1) is 18.8. The molecule has 2 aromatic rings. The average Bonchev–Trinajstić information content (AvgIpc) is 2.87. The molecule has 3 atom stereocenters. The van der Waals surface area contributed by atoms with Crippen molar-refractivity contribution in [1.82, 2.24) is 5.32 Å². The molecule has 0 saturated heterocycles. The van der Waals surface area contributed by atoms with Crippen molar-refractivity contribution < 1.29 is 38.4 Å². The summed E-state index contributed by atoms with van der Waals surface area (Å²) in [6, 6.07) is 19.1. The van der Waals surface area contributed by atoms with E-state index in [4.69, 9.17) is 23.7 Å². The molecule has 0 aromatic heterocycles. The first-order valence-corrected chi connectivity index (χ1v) is 13.6. The molecule has 2 rings (SSSR count). The van der Waals surface area contributed by atoms with Gasteiger partial charge in [0, 0.05) is 6.54 Å². The molecule has 0 aliphatic carbocycles. The van der Waals surface area contributed by atoms with Gasteiger partial charge in [-0.25, -0.2) is 9.59 Å². The lowest BCUT2D eigenvalue weighted by atomic mass is 10.0. The van der Waals surface area contributed by atoms with Crippen LogP contribution in [0, 0.1) is 0 Å². The Labute approximate surface area is 238 Å². The molecule has 2 N–H and O–H groups in total. The standard InChI is InChI=1S/C31H45NO8/c1-30(2,3)39-28(34)32-19-13-18-25(33)27(37-21-24-16-11-8-12-17-24)26(22-38-29(35)40-31(4,5)6)36-20-23-14-9-7-10-15-23/h7-12,14-17,25-27,33H,13,18-22H2,1-6H3,(H,32,34)/t25-,26+,27-/m1/s1. The summed E-state index contributed by atoms with van der Waals surface area (Å²) in [6.07, 6.45) is -3.21. The van der Waals surface area contributed by atoms with E-state index >= 15 is 0 Å². The summed E-state index contributed by atoms with van der Waals surface area (Å²) in [5.41, 5.74) is 0.516. The van der Waals surface area contributed by atoms with Gasteiger partial charge in [0.25, 0.3) is 0 Å². The predicted molar refractivity (Wildman–Crippen MR) is 152 cm³/mol. The van der Waals surface area contributed by atoms with Gasteiger partial charge >= 0.3 is 12.2 Å². The van der Waals surface area contributed by atoms with Crippen LogP contribution in [0.25, 0.3) is 0 Å². The summed E-state index contributed by atoms with van der Waals surface area (Å²) >= 11 is 0. The third kappa shape index (κ3) is 14.3. The number of benzene rings is 2. The normalized spacial score (nSPS) is 14.1. The van der Waals surface area contributed by atoms with E-state index in [-0.39, 0.29) is 19.8 Å². The van der Waals surface area contributed by atoms with Crippen molar-refractivity contribution >= 4 is 12.2 Å². The molecular weight excluding hydrogens is 514 g/mol. The number of hydrogen-bond donors (Lipinski definition) is 2. The molecule has 0 radical (unpaired) electrons. The molecule has 222 valence electrons. The molecule has 9 heteroatoms. The molecule has 0 bridgehead atoms. The second kappa shape index (κ2) is 16.2. The van der Waals surface area contributed by atoms with Crippen LogP contribution in [-0.2, 0) is 36.9 Å². The molecule has 0 heterocycles. The molecule has 2 aromatic carbocycles. The number of aliphatic hydroxyl groups is 1. The lowest BCUT2D eigenvalue weighted by molar-refractivity contribution is -0.150. The van der Waals surface area contributed by atoms with Gasteiger partial charge in [0.2, 0.25) is 0 Å². The third-order valence-corrected chi connectivity index (χ3v) is 5.44. The van der Waals surface area contributed by atoms with Crippen LogP contribution in [0.1, 0.15) is 65.5 Å². The Balaban J connectivity index is 2.13. The quantitative estimate of drug-likeness (QED) is 0.221. The van der Waals surface area contributed by atoms with Gasteiger partial charge in [-0.3, -0.25) is 0 Å². The summed E-state index contributed by atoms with van der Waals surface area (Å²) < 4.78 is 28.3. The summed E-state index contributed by atoms with van der Waals surface area (Å²) in [6.45, 7) is 11.2. The molecule has 9 nitrogen and oxygen atoms in total. The maximum absolute atomic E-state index is 12.3. The lowest BCUT2D eigenvalue weighted by Crippen LogP contribution is -2.45. The van der Waals surface area contributed by atoms with Crippen LogP contribution in [0.5, 0.6) is 0 Å². The fourth-order valence-corrected chi connectivity index (χ4v) is 3.66. The van der Waals surface area contributed by atoms with E-state index in [1.807, 2.05) is 60.7 Å². The van der Waals surface area contributed by atoms with E-state index in [9.17, 15) is 14.7 Å². The number of ether oxygens (including phenoxy) is 5. The Hall–Kier alpha value is -3.14. The molecule has 0 unspecified atom stereocenters. The van der Waals surface area contributed by atoms with Crippen LogP contribution in [0.15, 0.2) is 60.7 Å². The highest BCUT2D eigenvalue weighted by molar-refractivity contribution is 5.67. The van der Waals surface area contributed by atoms with Crippen molar-refractivity contribution in [2.75, 3.05) is 13.2 Å². The molecule has 0 aliphatic heterocycles. The van der Waals surface area contributed by atoms with Gasteiger partial charge in [-0.15, -0.1) is 0 Å². The number of hydrogen-bond acceptors (Lipinski definition) is 8. The first kappa shape index (κ1) is 33.1. The van der Waals surface area contributed by atoms with Gasteiger partial charge in [-0.05, 0) is 65.5 Å². The van der Waals surface area contributed by atoms with Gasteiger partial charge in [0.05, 0.1) is 19.3 Å². The predicted octanol–water partition coefficient (Wildman–Crippen LogP) is 5.77. The fraction of sp³-hybridized carbons (Fsp3) is 0.548. The minimum atomic E-state index is -0.979. The van der Waals surface area contributed by atoms with Crippen LogP contribution in [0.4, 0.5) is 9.59 Å². The number of amides is 1. The maximum atomic E-state index is 12.3. The number of carbonyl (C=O) groups excluding carboxylic acids is 2. The molecule has 0 fully saturated rings. The van der Waals surface area contributed by atoms with Crippen LogP contribution < -0.4 is 5.32 Å². The number of carbonyl (C=O) groups is 2. The largest absolute Gasteiger partial charge is 0.508 e. The smallest absolute Gasteiger partial charge is 0.444 e. The molecule has 0 aliphatic rings. The van der Waals surface area contributed by atoms with Crippen LogP contribution >= 0.6 is 0 Å². The zero-order valence-electron chi connectivity index (χ0n) is 24.6. The lowest BCUT2D eigenvalue weighted by Gasteiger charge is -2.31. The van der Waals surface area contributed by atoms with E-state index in [2.05, 4.69) is 5.32 Å². The molecular formula is C31H45NO8. The summed E-state index contributed by atoms with van der Waals surface area (Å²) in [5.74, 6) is 0. The summed E-state index contributed by atoms with van der Waals surface area (Å²) in [7, 11) is 0. The topological polar surface area (TPSA) is 113 Å². The number of alkyl carbamates (subject to hydrolysis) is 1. The number of aliphatic hydroxyl groups excluding tert-OH is 1. The van der Waals surface area contributed by atoms with E-state index in [0.717, 1.165) is 11.1 Å². The highest BCUT2D eigenvalue weighted by atomic mass is 16.7. The second-order valence-corrected chi connectivity index (χ2v) is 11.5. The number of rotatable bonds is 14. The molecule has 0 saturated carbocycles. The van der Waals surface area contributed by atoms with Crippen molar-refractivity contribution in [2.45, 2.75) is 97.1 Å². The second-order valence-electron chi connectivity index (χ2n) is 11.5. The van der Waals surface area contributed by atoms with Crippen LogP contribution in [-0.4, -0.2) is 60.0 Å². The first-order valence-electron chi connectivity index (χ1n) is 13.6. The van der Waals surface area contributed by atoms with Crippen molar-refractivity contribution in [3.8, 4) is 0 Å². The SMILES string of the molecule is CC(C)(C)OC(=O)NCCC[C@@H](O)[C@@H](OCc1ccccc1)[C@H](COC(=O)OC(C)(C)C)OCc1ccccc1. The van der Waals surface area contributed by atoms with E-state index in [0.29, 0.717) is 19.4 Å². The Morgan fingerprint density at radius 3 is 1.85 bits per heavy atom. The highest BCUT2D eigenvalue weighted by Gasteiger charge is 2.32. The molecule has 1 amide bonds. The third-order valence-electron chi connectivity index (χ3n) is 5.44.